The SMILES string of the molecule is N#Cc1ccc(NSc2cc(C(=O)O)c(O)c3ccccc23)cc1. The number of nitrogens with zero attached hydrogens (tertiary/aromatic N) is 1. The van der Waals surface area contributed by atoms with E-state index in [0.29, 0.717) is 15.8 Å². The Morgan fingerprint density at radius 2 is 1.75 bits per heavy atom. The fourth-order valence-corrected chi connectivity index (χ4v) is 3.13. The summed E-state index contributed by atoms with van der Waals surface area (Å²) in [5.74, 6) is -1.42. The van der Waals surface area contributed by atoms with Crippen LogP contribution in [0.1, 0.15) is 15.9 Å². The molecule has 0 fully saturated rings. The van der Waals surface area contributed by atoms with Crippen LogP contribution >= 0.6 is 11.9 Å². The highest BCUT2D eigenvalue weighted by Crippen LogP contribution is 2.36. The molecule has 0 saturated heterocycles. The lowest BCUT2D eigenvalue weighted by molar-refractivity contribution is 0.0694. The maximum absolute atomic E-state index is 11.3. The Hall–Kier alpha value is -3.17. The molecule has 0 unspecified atom stereocenters. The van der Waals surface area contributed by atoms with E-state index < -0.39 is 5.97 Å². The van der Waals surface area contributed by atoms with Crippen LogP contribution in [0.4, 0.5) is 5.69 Å². The van der Waals surface area contributed by atoms with E-state index in [-0.39, 0.29) is 11.3 Å². The van der Waals surface area contributed by atoms with Gasteiger partial charge in [0.1, 0.15) is 11.3 Å². The van der Waals surface area contributed by atoms with Crippen LogP contribution in [0.3, 0.4) is 0 Å². The molecule has 0 aliphatic heterocycles. The summed E-state index contributed by atoms with van der Waals surface area (Å²) in [5, 5.41) is 29.5. The zero-order chi connectivity index (χ0) is 17.1. The van der Waals surface area contributed by atoms with Crippen molar-refractivity contribution >= 4 is 34.4 Å². The fourth-order valence-electron chi connectivity index (χ4n) is 2.30. The maximum atomic E-state index is 11.3. The number of carboxylic acids is 1. The van der Waals surface area contributed by atoms with Crippen LogP contribution in [0.25, 0.3) is 10.8 Å². The Kier molecular flexibility index (Phi) is 4.27. The standard InChI is InChI=1S/C18H12N2O3S/c19-10-11-5-7-12(8-6-11)20-24-16-9-15(18(22)23)17(21)14-4-2-1-3-13(14)16/h1-9,20-21H,(H,22,23). The average molecular weight is 336 g/mol. The summed E-state index contributed by atoms with van der Waals surface area (Å²) in [6.07, 6.45) is 0. The number of phenols is 1. The summed E-state index contributed by atoms with van der Waals surface area (Å²) in [7, 11) is 0. The molecule has 0 amide bonds. The van der Waals surface area contributed by atoms with E-state index >= 15 is 0 Å². The Morgan fingerprint density at radius 3 is 2.38 bits per heavy atom. The van der Waals surface area contributed by atoms with Crippen LogP contribution in [0.15, 0.2) is 59.5 Å². The molecule has 5 nitrogen and oxygen atoms in total. The van der Waals surface area contributed by atoms with Gasteiger partial charge in [0.25, 0.3) is 0 Å². The zero-order valence-corrected chi connectivity index (χ0v) is 13.2. The van der Waals surface area contributed by atoms with Gasteiger partial charge in [0.15, 0.2) is 0 Å². The van der Waals surface area contributed by atoms with E-state index in [9.17, 15) is 15.0 Å². The number of carboxylic acid groups (broad SMARTS) is 1. The number of rotatable bonds is 4. The minimum absolute atomic E-state index is 0.141. The third-order valence-corrected chi connectivity index (χ3v) is 4.40. The van der Waals surface area contributed by atoms with E-state index in [4.69, 9.17) is 5.26 Å². The van der Waals surface area contributed by atoms with Crippen molar-refractivity contribution in [3.63, 3.8) is 0 Å². The number of nitriles is 1. The molecule has 6 heteroatoms. The van der Waals surface area contributed by atoms with Gasteiger partial charge in [-0.05, 0) is 42.3 Å². The molecule has 3 rings (SSSR count). The Bertz CT molecular complexity index is 962. The summed E-state index contributed by atoms with van der Waals surface area (Å²) in [4.78, 5) is 12.0. The largest absolute Gasteiger partial charge is 0.506 e. The Morgan fingerprint density at radius 1 is 1.08 bits per heavy atom. The van der Waals surface area contributed by atoms with E-state index in [1.807, 2.05) is 12.1 Å². The smallest absolute Gasteiger partial charge is 0.339 e. The molecule has 0 heterocycles. The molecule has 3 aromatic carbocycles. The number of hydrogen-bond acceptors (Lipinski definition) is 5. The lowest BCUT2D eigenvalue weighted by atomic mass is 10.1. The van der Waals surface area contributed by atoms with Crippen molar-refractivity contribution in [2.45, 2.75) is 4.90 Å². The molecule has 0 bridgehead atoms. The highest BCUT2D eigenvalue weighted by Gasteiger charge is 2.16. The maximum Gasteiger partial charge on any atom is 0.339 e. The van der Waals surface area contributed by atoms with Crippen molar-refractivity contribution in [2.24, 2.45) is 0 Å². The molecule has 3 N–H and O–H groups in total. The lowest BCUT2D eigenvalue weighted by Gasteiger charge is -2.11. The van der Waals surface area contributed by atoms with Crippen LogP contribution < -0.4 is 4.72 Å². The monoisotopic (exact) mass is 336 g/mol. The molecule has 0 aliphatic carbocycles. The molecular weight excluding hydrogens is 324 g/mol. The number of benzene rings is 3. The summed E-state index contributed by atoms with van der Waals surface area (Å²) in [6, 6.07) is 17.5. The summed E-state index contributed by atoms with van der Waals surface area (Å²) < 4.78 is 3.12. The second-order valence-corrected chi connectivity index (χ2v) is 5.86. The van der Waals surface area contributed by atoms with Gasteiger partial charge in [0.05, 0.1) is 11.6 Å². The van der Waals surface area contributed by atoms with Crippen LogP contribution in [-0.2, 0) is 0 Å². The van der Waals surface area contributed by atoms with E-state index in [1.165, 1.54) is 18.0 Å². The van der Waals surface area contributed by atoms with Crippen molar-refractivity contribution in [1.29, 1.82) is 5.26 Å². The second kappa shape index (κ2) is 6.52. The molecule has 0 saturated carbocycles. The van der Waals surface area contributed by atoms with Crippen LogP contribution in [0.2, 0.25) is 0 Å². The van der Waals surface area contributed by atoms with Gasteiger partial charge in [-0.2, -0.15) is 5.26 Å². The van der Waals surface area contributed by atoms with Gasteiger partial charge in [-0.15, -0.1) is 0 Å². The number of nitrogens with one attached hydrogen (secondary N) is 1. The van der Waals surface area contributed by atoms with Gasteiger partial charge in [-0.1, -0.05) is 24.3 Å². The first-order valence-electron chi connectivity index (χ1n) is 7.01. The molecule has 118 valence electrons. The van der Waals surface area contributed by atoms with Gasteiger partial charge in [-0.3, -0.25) is 0 Å². The minimum atomic E-state index is -1.18. The predicted molar refractivity (Wildman–Crippen MR) is 93.2 cm³/mol. The summed E-state index contributed by atoms with van der Waals surface area (Å²) >= 11 is 1.25. The molecule has 0 spiro atoms. The first-order valence-corrected chi connectivity index (χ1v) is 7.83. The van der Waals surface area contributed by atoms with Gasteiger partial charge in [0.2, 0.25) is 0 Å². The average Bonchev–Trinajstić information content (AvgIpc) is 2.61. The quantitative estimate of drug-likeness (QED) is 0.617. The first kappa shape index (κ1) is 15.7. The zero-order valence-electron chi connectivity index (χ0n) is 12.4. The lowest BCUT2D eigenvalue weighted by Crippen LogP contribution is -1.99. The Labute approximate surface area is 142 Å². The third-order valence-electron chi connectivity index (χ3n) is 3.50. The Balaban J connectivity index is 1.97. The van der Waals surface area contributed by atoms with E-state index in [0.717, 1.165) is 11.1 Å². The van der Waals surface area contributed by atoms with Crippen molar-refractivity contribution in [3.8, 4) is 11.8 Å². The number of aromatic carboxylic acids is 1. The number of hydrogen-bond donors (Lipinski definition) is 3. The number of carbonyl (C=O) groups is 1. The van der Waals surface area contributed by atoms with Crippen molar-refractivity contribution in [2.75, 3.05) is 4.72 Å². The van der Waals surface area contributed by atoms with Gasteiger partial charge in [0, 0.05) is 21.4 Å². The van der Waals surface area contributed by atoms with Crippen LogP contribution in [-0.4, -0.2) is 16.2 Å². The molecule has 0 atom stereocenters. The van der Waals surface area contributed by atoms with Gasteiger partial charge in [-0.25, -0.2) is 4.79 Å². The summed E-state index contributed by atoms with van der Waals surface area (Å²) in [6.45, 7) is 0. The first-order chi connectivity index (χ1) is 11.6. The normalized spacial score (nSPS) is 10.3. The topological polar surface area (TPSA) is 93.4 Å². The van der Waals surface area contributed by atoms with Crippen LogP contribution in [0.5, 0.6) is 5.75 Å². The van der Waals surface area contributed by atoms with Crippen molar-refractivity contribution < 1.29 is 15.0 Å². The van der Waals surface area contributed by atoms with E-state index in [1.54, 1.807) is 36.4 Å². The van der Waals surface area contributed by atoms with Gasteiger partial charge >= 0.3 is 5.97 Å². The third kappa shape index (κ3) is 2.98. The highest BCUT2D eigenvalue weighted by atomic mass is 32.2. The van der Waals surface area contributed by atoms with Crippen molar-refractivity contribution in [1.82, 2.24) is 0 Å². The minimum Gasteiger partial charge on any atom is -0.506 e. The van der Waals surface area contributed by atoms with Gasteiger partial charge < -0.3 is 14.9 Å². The molecular formula is C18H12N2O3S. The fraction of sp³-hybridized carbons (Fsp3) is 0. The highest BCUT2D eigenvalue weighted by molar-refractivity contribution is 8.00. The molecule has 24 heavy (non-hydrogen) atoms. The number of aromatic hydroxyl groups is 1. The summed E-state index contributed by atoms with van der Waals surface area (Å²) in [5.41, 5.74) is 1.21. The molecule has 0 aromatic heterocycles. The molecule has 0 radical (unpaired) electrons. The van der Waals surface area contributed by atoms with Crippen molar-refractivity contribution in [3.05, 3.63) is 65.7 Å². The molecule has 0 aliphatic rings. The molecule has 3 aromatic rings. The number of anilines is 1. The predicted octanol–water partition coefficient (Wildman–Crippen LogP) is 4.23. The van der Waals surface area contributed by atoms with Crippen LogP contribution in [0, 0.1) is 11.3 Å². The van der Waals surface area contributed by atoms with E-state index in [2.05, 4.69) is 10.8 Å². The second-order valence-electron chi connectivity index (χ2n) is 5.01. The number of fused-ring (bicyclic) bond motifs is 1.